The molecule has 0 aromatic carbocycles. The molecule has 0 aromatic rings. The molecule has 6 heavy (non-hydrogen) atoms. The molecule has 0 amide bonds. The van der Waals surface area contributed by atoms with Gasteiger partial charge in [-0.1, -0.05) is 0 Å². The van der Waals surface area contributed by atoms with Gasteiger partial charge in [0.05, 0.1) is 0 Å². The van der Waals surface area contributed by atoms with E-state index in [1.54, 1.807) is 0 Å². The molecular formula is CH5MgO4+. The molecule has 4 nitrogen and oxygen atoms in total. The van der Waals surface area contributed by atoms with Gasteiger partial charge in [0.15, 0.2) is 0 Å². The van der Waals surface area contributed by atoms with Crippen LogP contribution >= 0.6 is 0 Å². The summed E-state index contributed by atoms with van der Waals surface area (Å²) in [6, 6.07) is 0. The molecule has 0 spiro atoms. The maximum Gasteiger partial charge on any atom is 2.00 e. The van der Waals surface area contributed by atoms with Gasteiger partial charge in [-0.15, -0.1) is 0 Å². The van der Waals surface area contributed by atoms with Gasteiger partial charge < -0.3 is 20.9 Å². The van der Waals surface area contributed by atoms with Crippen molar-refractivity contribution < 1.29 is 20.9 Å². The maximum absolute atomic E-state index is 8.25. The van der Waals surface area contributed by atoms with Gasteiger partial charge in [-0.3, -0.25) is 0 Å². The summed E-state index contributed by atoms with van der Waals surface area (Å²) < 4.78 is 0. The molecule has 0 bridgehead atoms. The second-order valence-corrected chi connectivity index (χ2v) is 0.0962. The Kier molecular flexibility index (Phi) is 391. The number of hydrogen-bond donors (Lipinski definition) is 0. The van der Waals surface area contributed by atoms with E-state index in [0.29, 0.717) is 0 Å². The van der Waals surface area contributed by atoms with Crippen LogP contribution in [0.1, 0.15) is 0 Å². The zero-order valence-electron chi connectivity index (χ0n) is 3.10. The number of rotatable bonds is 0. The topological polar surface area (TPSA) is 103 Å². The molecular weight excluding hydrogens is 100 g/mol. The Morgan fingerprint density at radius 1 is 1.33 bits per heavy atom. The van der Waals surface area contributed by atoms with Crippen molar-refractivity contribution in [3.63, 3.8) is 0 Å². The van der Waals surface area contributed by atoms with Crippen molar-refractivity contribution in [1.29, 1.82) is 0 Å². The smallest absolute Gasteiger partial charge is 0.554 e. The van der Waals surface area contributed by atoms with Crippen LogP contribution in [0, 0.1) is 0 Å². The van der Waals surface area contributed by atoms with Crippen molar-refractivity contribution in [3.8, 4) is 0 Å². The first-order valence-corrected chi connectivity index (χ1v) is 0.471. The van der Waals surface area contributed by atoms with Crippen molar-refractivity contribution >= 4 is 29.5 Å². The van der Waals surface area contributed by atoms with E-state index in [0.717, 1.165) is 0 Å². The fraction of sp³-hybridized carbons (Fsp3) is 0. The van der Waals surface area contributed by atoms with E-state index in [4.69, 9.17) is 9.90 Å². The van der Waals surface area contributed by atoms with Gasteiger partial charge in [-0.05, 0) is 0 Å². The monoisotopic (exact) mass is 105 g/mol. The fourth-order valence-corrected chi connectivity index (χ4v) is 0. The second kappa shape index (κ2) is 66.6. The molecule has 0 radical (unpaired) electrons. The summed E-state index contributed by atoms with van der Waals surface area (Å²) in [6.45, 7) is -0.500. The van der Waals surface area contributed by atoms with Crippen LogP contribution in [0.2, 0.25) is 0 Å². The van der Waals surface area contributed by atoms with E-state index in [1.165, 1.54) is 0 Å². The molecule has 0 aliphatic heterocycles. The average molecular weight is 105 g/mol. The minimum absolute atomic E-state index is 0. The van der Waals surface area contributed by atoms with Crippen LogP contribution in [0.5, 0.6) is 0 Å². The molecule has 0 unspecified atom stereocenters. The fourth-order valence-electron chi connectivity index (χ4n) is 0. The number of carboxylic acid groups (broad SMARTS) is 1. The van der Waals surface area contributed by atoms with E-state index in [-0.39, 0.29) is 34.0 Å². The minimum atomic E-state index is -0.500. The van der Waals surface area contributed by atoms with Gasteiger partial charge in [0, 0.05) is 6.47 Å². The normalized spacial score (nSPS) is 2.00. The average Bonchev–Trinajstić information content (AvgIpc) is 0.918. The molecule has 0 aliphatic rings. The van der Waals surface area contributed by atoms with Crippen LogP contribution < -0.4 is 5.11 Å². The van der Waals surface area contributed by atoms with E-state index in [9.17, 15) is 0 Å². The third kappa shape index (κ3) is 1700. The Hall–Kier alpha value is 0.156. The number of carbonyl (C=O) groups excluding carboxylic acids is 1. The van der Waals surface area contributed by atoms with Crippen molar-refractivity contribution in [2.75, 3.05) is 0 Å². The Bertz CT molecular complexity index is 15.0. The molecule has 0 rings (SSSR count). The van der Waals surface area contributed by atoms with E-state index in [1.807, 2.05) is 0 Å². The van der Waals surface area contributed by atoms with Gasteiger partial charge in [0.2, 0.25) is 0 Å². The first kappa shape index (κ1) is 35.2. The summed E-state index contributed by atoms with van der Waals surface area (Å²) >= 11 is 0. The largest absolute Gasteiger partial charge is 2.00 e. The maximum atomic E-state index is 8.25. The van der Waals surface area contributed by atoms with Crippen LogP contribution in [0.25, 0.3) is 0 Å². The SMILES string of the molecule is O.O.O=C[O-].[Mg+2]. The summed E-state index contributed by atoms with van der Waals surface area (Å²) in [4.78, 5) is 8.25. The molecule has 0 saturated carbocycles. The second-order valence-electron chi connectivity index (χ2n) is 0.0962. The third-order valence-electron chi connectivity index (χ3n) is 0. The summed E-state index contributed by atoms with van der Waals surface area (Å²) in [5.74, 6) is 0. The Balaban J connectivity index is -0.00000000667. The van der Waals surface area contributed by atoms with Crippen molar-refractivity contribution in [2.45, 2.75) is 0 Å². The van der Waals surface area contributed by atoms with Crippen molar-refractivity contribution in [3.05, 3.63) is 0 Å². The summed E-state index contributed by atoms with van der Waals surface area (Å²) in [6.07, 6.45) is 0. The van der Waals surface area contributed by atoms with Crippen LogP contribution in [-0.4, -0.2) is 40.5 Å². The number of hydrogen-bond acceptors (Lipinski definition) is 2. The van der Waals surface area contributed by atoms with Crippen molar-refractivity contribution in [1.82, 2.24) is 0 Å². The standard InChI is InChI=1S/CH2O2.Mg.2H2O/c2-1-3;;;/h1H,(H,2,3);;2*1H2/q;+2;;/p-1. The summed E-state index contributed by atoms with van der Waals surface area (Å²) in [5, 5.41) is 8.25. The molecule has 0 heterocycles. The molecule has 5 heteroatoms. The Morgan fingerprint density at radius 2 is 1.33 bits per heavy atom. The predicted molar refractivity (Wildman–Crippen MR) is 19.0 cm³/mol. The zero-order chi connectivity index (χ0) is 2.71. The molecule has 0 aromatic heterocycles. The molecule has 0 fully saturated rings. The molecule has 34 valence electrons. The Labute approximate surface area is 50.9 Å². The van der Waals surface area contributed by atoms with Crippen LogP contribution in [-0.2, 0) is 4.79 Å². The predicted octanol–water partition coefficient (Wildman–Crippen LogP) is -3.66. The minimum Gasteiger partial charge on any atom is -0.554 e. The van der Waals surface area contributed by atoms with E-state index >= 15 is 0 Å². The van der Waals surface area contributed by atoms with Crippen LogP contribution in [0.3, 0.4) is 0 Å². The summed E-state index contributed by atoms with van der Waals surface area (Å²) in [7, 11) is 0. The van der Waals surface area contributed by atoms with Gasteiger partial charge in [0.1, 0.15) is 0 Å². The van der Waals surface area contributed by atoms with Gasteiger partial charge >= 0.3 is 23.1 Å². The summed E-state index contributed by atoms with van der Waals surface area (Å²) in [5.41, 5.74) is 0. The van der Waals surface area contributed by atoms with Crippen LogP contribution in [0.15, 0.2) is 0 Å². The quantitative estimate of drug-likeness (QED) is 0.234. The van der Waals surface area contributed by atoms with E-state index in [2.05, 4.69) is 0 Å². The first-order chi connectivity index (χ1) is 1.41. The third-order valence-corrected chi connectivity index (χ3v) is 0. The molecule has 0 atom stereocenters. The molecule has 4 N–H and O–H groups in total. The molecule has 0 aliphatic carbocycles. The number of carbonyl (C=O) groups is 1. The van der Waals surface area contributed by atoms with Gasteiger partial charge in [-0.2, -0.15) is 0 Å². The van der Waals surface area contributed by atoms with Crippen molar-refractivity contribution in [2.24, 2.45) is 0 Å². The first-order valence-electron chi connectivity index (χ1n) is 0.471. The van der Waals surface area contributed by atoms with Gasteiger partial charge in [-0.25, -0.2) is 0 Å². The van der Waals surface area contributed by atoms with Crippen LogP contribution in [0.4, 0.5) is 0 Å². The Morgan fingerprint density at radius 3 is 1.33 bits per heavy atom. The van der Waals surface area contributed by atoms with E-state index < -0.39 is 6.47 Å². The zero-order valence-corrected chi connectivity index (χ0v) is 4.52. The molecule has 0 saturated heterocycles. The van der Waals surface area contributed by atoms with Gasteiger partial charge in [0.25, 0.3) is 0 Å².